The maximum Gasteiger partial charge on any atom is -0.00882 e. The summed E-state index contributed by atoms with van der Waals surface area (Å²) in [6.07, 6.45) is 5.50. The maximum absolute atomic E-state index is 2.20. The second-order valence-corrected chi connectivity index (χ2v) is 4.04. The monoisotopic (exact) mass is 204 g/mol. The Hall–Kier alpha value is -1.04. The fourth-order valence-electron chi connectivity index (χ4n) is 1.20. The summed E-state index contributed by atoms with van der Waals surface area (Å²) in [5.74, 6) is 0.833. The molecule has 0 aromatic heterocycles. The van der Waals surface area contributed by atoms with Gasteiger partial charge in [0, 0.05) is 0 Å². The summed E-state index contributed by atoms with van der Waals surface area (Å²) in [7, 11) is 0. The number of hydrogen-bond acceptors (Lipinski definition) is 0. The first-order chi connectivity index (χ1) is 7.20. The Labute approximate surface area is 95.0 Å². The number of hydrogen-bond donors (Lipinski definition) is 0. The lowest BCUT2D eigenvalue weighted by Gasteiger charge is -1.93. The number of fused-ring (bicyclic) bond motifs is 1. The van der Waals surface area contributed by atoms with Gasteiger partial charge in [0.05, 0.1) is 0 Å². The topological polar surface area (TPSA) is 0 Å². The molecule has 0 N–H and O–H groups in total. The van der Waals surface area contributed by atoms with E-state index in [1.54, 1.807) is 0 Å². The van der Waals surface area contributed by atoms with Crippen LogP contribution in [0.25, 0.3) is 6.08 Å². The summed E-state index contributed by atoms with van der Waals surface area (Å²) in [5.41, 5.74) is 2.84. The minimum Gasteiger partial charge on any atom is -0.0795 e. The van der Waals surface area contributed by atoms with Crippen LogP contribution in [0.5, 0.6) is 0 Å². The van der Waals surface area contributed by atoms with Crippen molar-refractivity contribution in [3.05, 3.63) is 41.5 Å². The van der Waals surface area contributed by atoms with Crippen molar-refractivity contribution in [2.75, 3.05) is 0 Å². The number of benzene rings is 1. The lowest BCUT2D eigenvalue weighted by atomic mass is 10.1. The summed E-state index contributed by atoms with van der Waals surface area (Å²) in [6, 6.07) is 8.49. The van der Waals surface area contributed by atoms with Gasteiger partial charge < -0.3 is 0 Å². The molecule has 1 aromatic rings. The molecule has 0 saturated carbocycles. The minimum atomic E-state index is 0.833. The zero-order valence-corrected chi connectivity index (χ0v) is 10.7. The normalized spacial score (nSPS) is 11.1. The van der Waals surface area contributed by atoms with Gasteiger partial charge in [0.25, 0.3) is 0 Å². The van der Waals surface area contributed by atoms with Crippen LogP contribution < -0.4 is 0 Å². The van der Waals surface area contributed by atoms with Gasteiger partial charge in [0.1, 0.15) is 0 Å². The van der Waals surface area contributed by atoms with Crippen LogP contribution in [-0.4, -0.2) is 0 Å². The Kier molecular flexibility index (Phi) is 7.71. The van der Waals surface area contributed by atoms with Gasteiger partial charge in [-0.2, -0.15) is 0 Å². The van der Waals surface area contributed by atoms with Crippen LogP contribution in [0.3, 0.4) is 0 Å². The highest BCUT2D eigenvalue weighted by molar-refractivity contribution is 5.59. The largest absolute Gasteiger partial charge is 0.0795 e. The van der Waals surface area contributed by atoms with E-state index in [2.05, 4.69) is 57.2 Å². The second-order valence-electron chi connectivity index (χ2n) is 4.04. The molecule has 1 aromatic carbocycles. The van der Waals surface area contributed by atoms with Crippen LogP contribution in [0.2, 0.25) is 0 Å². The van der Waals surface area contributed by atoms with Crippen LogP contribution >= 0.6 is 0 Å². The third-order valence-electron chi connectivity index (χ3n) is 1.69. The highest BCUT2D eigenvalue weighted by Crippen LogP contribution is 2.17. The Morgan fingerprint density at radius 1 is 1.00 bits per heavy atom. The molecule has 1 aliphatic carbocycles. The SMILES string of the molecule is C1=Cc2ccccc2C1.CC.CC(C)C. The van der Waals surface area contributed by atoms with Crippen molar-refractivity contribution in [2.24, 2.45) is 5.92 Å². The van der Waals surface area contributed by atoms with Gasteiger partial charge >= 0.3 is 0 Å². The van der Waals surface area contributed by atoms with Crippen molar-refractivity contribution in [3.8, 4) is 0 Å². The molecule has 0 aliphatic heterocycles. The third kappa shape index (κ3) is 6.11. The Morgan fingerprint density at radius 2 is 1.53 bits per heavy atom. The molecule has 84 valence electrons. The minimum absolute atomic E-state index is 0.833. The van der Waals surface area contributed by atoms with Gasteiger partial charge in [-0.15, -0.1) is 0 Å². The molecule has 0 bridgehead atoms. The second kappa shape index (κ2) is 8.28. The Bertz CT molecular complexity index is 279. The average Bonchev–Trinajstić information content (AvgIpc) is 2.67. The Balaban J connectivity index is 0.000000282. The fourth-order valence-corrected chi connectivity index (χ4v) is 1.20. The van der Waals surface area contributed by atoms with E-state index in [4.69, 9.17) is 0 Å². The number of rotatable bonds is 0. The van der Waals surface area contributed by atoms with Crippen molar-refractivity contribution in [3.63, 3.8) is 0 Å². The molecule has 0 nitrogen and oxygen atoms in total. The smallest absolute Gasteiger partial charge is 0.00882 e. The first kappa shape index (κ1) is 14.0. The van der Waals surface area contributed by atoms with Gasteiger partial charge in [0.15, 0.2) is 0 Å². The molecule has 0 amide bonds. The molecule has 0 fully saturated rings. The molecule has 1 aliphatic rings. The molecule has 15 heavy (non-hydrogen) atoms. The average molecular weight is 204 g/mol. The summed E-state index contributed by atoms with van der Waals surface area (Å²) in [6.45, 7) is 10.5. The molecule has 0 radical (unpaired) electrons. The number of allylic oxidation sites excluding steroid dienone is 1. The third-order valence-corrected chi connectivity index (χ3v) is 1.69. The van der Waals surface area contributed by atoms with Gasteiger partial charge in [-0.05, 0) is 23.5 Å². The van der Waals surface area contributed by atoms with E-state index < -0.39 is 0 Å². The van der Waals surface area contributed by atoms with E-state index >= 15 is 0 Å². The molecular formula is C15H24. The lowest BCUT2D eigenvalue weighted by molar-refractivity contribution is 0.737. The van der Waals surface area contributed by atoms with Crippen molar-refractivity contribution >= 4 is 6.08 Å². The first-order valence-corrected chi connectivity index (χ1v) is 5.94. The standard InChI is InChI=1S/C9H8.C4H10.C2H6/c1-2-5-9-7-3-6-8(9)4-1;1-4(2)3;1-2/h1-6H,7H2;4H,1-3H3;1-2H3. The predicted octanol–water partition coefficient (Wildman–Crippen LogP) is 4.94. The first-order valence-electron chi connectivity index (χ1n) is 5.94. The molecule has 0 spiro atoms. The van der Waals surface area contributed by atoms with Gasteiger partial charge in [-0.3, -0.25) is 0 Å². The van der Waals surface area contributed by atoms with Crippen LogP contribution in [-0.2, 0) is 6.42 Å². The zero-order valence-electron chi connectivity index (χ0n) is 10.7. The van der Waals surface area contributed by atoms with Crippen LogP contribution in [0.15, 0.2) is 30.3 Å². The van der Waals surface area contributed by atoms with Gasteiger partial charge in [-0.1, -0.05) is 71.0 Å². The van der Waals surface area contributed by atoms with E-state index in [-0.39, 0.29) is 0 Å². The van der Waals surface area contributed by atoms with Gasteiger partial charge in [0.2, 0.25) is 0 Å². The van der Waals surface area contributed by atoms with E-state index in [0.29, 0.717) is 0 Å². The summed E-state index contributed by atoms with van der Waals surface area (Å²) < 4.78 is 0. The summed E-state index contributed by atoms with van der Waals surface area (Å²) >= 11 is 0. The summed E-state index contributed by atoms with van der Waals surface area (Å²) in [5, 5.41) is 0. The van der Waals surface area contributed by atoms with E-state index in [1.165, 1.54) is 11.1 Å². The van der Waals surface area contributed by atoms with Crippen molar-refractivity contribution in [1.82, 2.24) is 0 Å². The molecule has 0 unspecified atom stereocenters. The molecule has 0 heteroatoms. The van der Waals surface area contributed by atoms with Crippen LogP contribution in [0, 0.1) is 5.92 Å². The van der Waals surface area contributed by atoms with Gasteiger partial charge in [-0.25, -0.2) is 0 Å². The highest BCUT2D eigenvalue weighted by Gasteiger charge is 2.00. The molecular weight excluding hydrogens is 180 g/mol. The van der Waals surface area contributed by atoms with E-state index in [1.807, 2.05) is 13.8 Å². The van der Waals surface area contributed by atoms with Crippen LogP contribution in [0.1, 0.15) is 45.7 Å². The summed E-state index contributed by atoms with van der Waals surface area (Å²) in [4.78, 5) is 0. The fraction of sp³-hybridized carbons (Fsp3) is 0.467. The van der Waals surface area contributed by atoms with Crippen molar-refractivity contribution in [1.29, 1.82) is 0 Å². The quantitative estimate of drug-likeness (QED) is 0.561. The molecule has 2 rings (SSSR count). The zero-order chi connectivity index (χ0) is 11.7. The molecule has 0 atom stereocenters. The van der Waals surface area contributed by atoms with E-state index in [0.717, 1.165) is 12.3 Å². The lowest BCUT2D eigenvalue weighted by Crippen LogP contribution is -1.76. The van der Waals surface area contributed by atoms with Crippen molar-refractivity contribution in [2.45, 2.75) is 41.0 Å². The predicted molar refractivity (Wildman–Crippen MR) is 71.0 cm³/mol. The molecule has 0 heterocycles. The molecule has 0 saturated heterocycles. The van der Waals surface area contributed by atoms with Crippen molar-refractivity contribution < 1.29 is 0 Å². The van der Waals surface area contributed by atoms with Crippen LogP contribution in [0.4, 0.5) is 0 Å². The highest BCUT2D eigenvalue weighted by atomic mass is 14.0. The maximum atomic E-state index is 2.20. The van der Waals surface area contributed by atoms with E-state index in [9.17, 15) is 0 Å². The Morgan fingerprint density at radius 3 is 2.07 bits per heavy atom.